The third-order valence-electron chi connectivity index (χ3n) is 3.17. The summed E-state index contributed by atoms with van der Waals surface area (Å²) >= 11 is 12.5. The molecule has 0 heterocycles. The molecule has 0 radical (unpaired) electrons. The summed E-state index contributed by atoms with van der Waals surface area (Å²) in [4.78, 5) is 12.2. The molecule has 1 N–H and O–H groups in total. The molecule has 0 atom stereocenters. The van der Waals surface area contributed by atoms with Crippen molar-refractivity contribution in [2.75, 3.05) is 18.7 Å². The molecule has 0 aliphatic rings. The van der Waals surface area contributed by atoms with Crippen LogP contribution in [0.25, 0.3) is 0 Å². The van der Waals surface area contributed by atoms with Crippen molar-refractivity contribution < 1.29 is 35.3 Å². The monoisotopic (exact) mass is 548 g/mol. The minimum absolute atomic E-state index is 0. The standard InChI is InChI=1S/C17H17Cl2NO3.Pt/c1-3-22-10-23-17(21)12-6-4-5-7-14(12)20-16-13(18)9-8-11(2)15(16)19;/h4-9,20H,3,10H2,1-2H3;. The molecule has 0 bridgehead atoms. The van der Waals surface area contributed by atoms with Gasteiger partial charge in [-0.05, 0) is 37.6 Å². The number of carbonyl (C=O) groups excluding carboxylic acids is 1. The summed E-state index contributed by atoms with van der Waals surface area (Å²) < 4.78 is 10.1. The molecule has 0 aliphatic carbocycles. The molecule has 7 heteroatoms. The van der Waals surface area contributed by atoms with Crippen LogP contribution in [-0.2, 0) is 30.5 Å². The van der Waals surface area contributed by atoms with Crippen molar-refractivity contribution >= 4 is 40.5 Å². The molecular formula is C17H17Cl2NO3Pt. The number of benzene rings is 2. The molecule has 0 fully saturated rings. The number of halogens is 2. The van der Waals surface area contributed by atoms with Crippen LogP contribution in [0.2, 0.25) is 10.0 Å². The Labute approximate surface area is 165 Å². The predicted molar refractivity (Wildman–Crippen MR) is 92.8 cm³/mol. The minimum Gasteiger partial charge on any atom is -0.435 e. The van der Waals surface area contributed by atoms with Gasteiger partial charge in [0.1, 0.15) is 0 Å². The first-order chi connectivity index (χ1) is 11.0. The molecule has 2 aromatic rings. The Kier molecular flexibility index (Phi) is 8.78. The van der Waals surface area contributed by atoms with E-state index in [1.165, 1.54) is 0 Å². The van der Waals surface area contributed by atoms with Crippen molar-refractivity contribution in [2.24, 2.45) is 0 Å². The summed E-state index contributed by atoms with van der Waals surface area (Å²) in [5, 5.41) is 4.10. The first kappa shape index (κ1) is 21.0. The fraction of sp³-hybridized carbons (Fsp3) is 0.235. The van der Waals surface area contributed by atoms with Crippen LogP contribution in [0.1, 0.15) is 22.8 Å². The maximum Gasteiger partial charge on any atom is 0.342 e. The van der Waals surface area contributed by atoms with Crippen LogP contribution in [0.3, 0.4) is 0 Å². The average molecular weight is 549 g/mol. The van der Waals surface area contributed by atoms with Crippen molar-refractivity contribution in [3.63, 3.8) is 0 Å². The second kappa shape index (κ2) is 10.0. The zero-order valence-electron chi connectivity index (χ0n) is 13.2. The van der Waals surface area contributed by atoms with Gasteiger partial charge in [-0.1, -0.05) is 41.4 Å². The molecule has 0 aromatic heterocycles. The summed E-state index contributed by atoms with van der Waals surface area (Å²) in [6, 6.07) is 10.6. The number of nitrogens with one attached hydrogen (secondary N) is 1. The Morgan fingerprint density at radius 2 is 1.88 bits per heavy atom. The van der Waals surface area contributed by atoms with E-state index in [4.69, 9.17) is 32.7 Å². The van der Waals surface area contributed by atoms with Crippen molar-refractivity contribution in [3.05, 3.63) is 57.6 Å². The van der Waals surface area contributed by atoms with Crippen LogP contribution in [0.5, 0.6) is 0 Å². The molecular weight excluding hydrogens is 532 g/mol. The van der Waals surface area contributed by atoms with Crippen molar-refractivity contribution in [1.82, 2.24) is 0 Å². The van der Waals surface area contributed by atoms with Gasteiger partial charge < -0.3 is 14.8 Å². The second-order valence-corrected chi connectivity index (χ2v) is 5.55. The number of aryl methyl sites for hydroxylation is 1. The second-order valence-electron chi connectivity index (χ2n) is 4.77. The fourth-order valence-electron chi connectivity index (χ4n) is 1.93. The molecule has 0 saturated carbocycles. The summed E-state index contributed by atoms with van der Waals surface area (Å²) in [5.74, 6) is -0.485. The van der Waals surface area contributed by atoms with Crippen molar-refractivity contribution in [3.8, 4) is 0 Å². The van der Waals surface area contributed by atoms with E-state index < -0.39 is 5.97 Å². The fourth-order valence-corrected chi connectivity index (χ4v) is 2.40. The Bertz CT molecular complexity index is 710. The number of esters is 1. The largest absolute Gasteiger partial charge is 0.435 e. The van der Waals surface area contributed by atoms with Crippen LogP contribution < -0.4 is 5.32 Å². The van der Waals surface area contributed by atoms with E-state index in [-0.39, 0.29) is 27.9 Å². The van der Waals surface area contributed by atoms with E-state index in [2.05, 4.69) is 5.32 Å². The molecule has 0 aliphatic heterocycles. The topological polar surface area (TPSA) is 47.6 Å². The summed E-state index contributed by atoms with van der Waals surface area (Å²) in [6.45, 7) is 4.09. The van der Waals surface area contributed by atoms with Gasteiger partial charge in [0, 0.05) is 27.7 Å². The van der Waals surface area contributed by atoms with Crippen LogP contribution >= 0.6 is 23.2 Å². The minimum atomic E-state index is -0.485. The molecule has 2 rings (SSSR count). The summed E-state index contributed by atoms with van der Waals surface area (Å²) in [7, 11) is 0. The Morgan fingerprint density at radius 1 is 1.17 bits per heavy atom. The molecule has 0 unspecified atom stereocenters. The Morgan fingerprint density at radius 3 is 2.58 bits per heavy atom. The number of para-hydroxylation sites is 1. The van der Waals surface area contributed by atoms with Crippen molar-refractivity contribution in [1.29, 1.82) is 0 Å². The average Bonchev–Trinajstić information content (AvgIpc) is 2.55. The summed E-state index contributed by atoms with van der Waals surface area (Å²) in [5.41, 5.74) is 2.37. The molecule has 0 amide bonds. The van der Waals surface area contributed by atoms with Gasteiger partial charge in [-0.2, -0.15) is 0 Å². The number of hydrogen-bond donors (Lipinski definition) is 1. The molecule has 0 saturated heterocycles. The van der Waals surface area contributed by atoms with Crippen LogP contribution in [0.15, 0.2) is 36.4 Å². The Hall–Kier alpha value is -1.06. The number of hydrogen-bond acceptors (Lipinski definition) is 4. The van der Waals surface area contributed by atoms with Crippen LogP contribution in [0, 0.1) is 6.92 Å². The smallest absolute Gasteiger partial charge is 0.342 e. The molecule has 4 nitrogen and oxygen atoms in total. The molecule has 0 spiro atoms. The summed E-state index contributed by atoms with van der Waals surface area (Å²) in [6.07, 6.45) is 0. The predicted octanol–water partition coefficient (Wildman–Crippen LogP) is 5.19. The number of ether oxygens (including phenoxy) is 2. The van der Waals surface area contributed by atoms with Gasteiger partial charge in [0.05, 0.1) is 27.0 Å². The zero-order valence-corrected chi connectivity index (χ0v) is 17.0. The number of carbonyl (C=O) groups is 1. The van der Waals surface area contributed by atoms with Crippen LogP contribution in [-0.4, -0.2) is 19.4 Å². The van der Waals surface area contributed by atoms with E-state index in [1.54, 1.807) is 30.3 Å². The first-order valence-corrected chi connectivity index (χ1v) is 7.85. The van der Waals surface area contributed by atoms with Gasteiger partial charge >= 0.3 is 5.97 Å². The van der Waals surface area contributed by atoms with Crippen LogP contribution in [0.4, 0.5) is 11.4 Å². The van der Waals surface area contributed by atoms with E-state index in [0.717, 1.165) is 5.56 Å². The zero-order chi connectivity index (χ0) is 16.8. The number of anilines is 2. The normalized spacial score (nSPS) is 10.0. The van der Waals surface area contributed by atoms with E-state index in [1.807, 2.05) is 19.9 Å². The Balaban J connectivity index is 0.00000288. The third kappa shape index (κ3) is 5.22. The van der Waals surface area contributed by atoms with Gasteiger partial charge in [0.2, 0.25) is 0 Å². The SMILES string of the molecule is CCOCOC(=O)c1ccccc1Nc1c(Cl)ccc(C)c1Cl.[Pt]. The van der Waals surface area contributed by atoms with Crippen molar-refractivity contribution in [2.45, 2.75) is 13.8 Å². The maximum absolute atomic E-state index is 12.2. The van der Waals surface area contributed by atoms with Gasteiger partial charge in [-0.3, -0.25) is 0 Å². The third-order valence-corrected chi connectivity index (χ3v) is 3.97. The maximum atomic E-state index is 12.2. The molecule has 24 heavy (non-hydrogen) atoms. The van der Waals surface area contributed by atoms with E-state index in [9.17, 15) is 4.79 Å². The van der Waals surface area contributed by atoms with Gasteiger partial charge in [0.25, 0.3) is 0 Å². The van der Waals surface area contributed by atoms with Gasteiger partial charge in [-0.25, -0.2) is 4.79 Å². The molecule has 2 aromatic carbocycles. The first-order valence-electron chi connectivity index (χ1n) is 7.10. The molecule has 132 valence electrons. The van der Waals surface area contributed by atoms with Gasteiger partial charge in [-0.15, -0.1) is 0 Å². The van der Waals surface area contributed by atoms with E-state index in [0.29, 0.717) is 33.6 Å². The van der Waals surface area contributed by atoms with E-state index >= 15 is 0 Å². The number of rotatable bonds is 6. The quantitative estimate of drug-likeness (QED) is 0.306. The van der Waals surface area contributed by atoms with Gasteiger partial charge in [0.15, 0.2) is 6.79 Å².